The van der Waals surface area contributed by atoms with Gasteiger partial charge in [0.15, 0.2) is 0 Å². The number of aliphatic hydroxyl groups excluding tert-OH is 1. The standard InChI is InChI=1S/C8H19O6PS/c1-4-8(15(10,6-9)14-3)5-7(2)16(11,12)13/h7-9H,4-6H2,1-3H3,(H,11,12,13). The molecule has 0 saturated heterocycles. The lowest BCUT2D eigenvalue weighted by Crippen LogP contribution is -2.24. The monoisotopic (exact) mass is 274 g/mol. The van der Waals surface area contributed by atoms with E-state index in [1.807, 2.05) is 0 Å². The SMILES string of the molecule is CCC(CC(C)S(=O)(=O)O)P(=O)(CO)OC. The average Bonchev–Trinajstić information content (AvgIpc) is 2.23. The molecule has 0 aromatic heterocycles. The van der Waals surface area contributed by atoms with Crippen molar-refractivity contribution in [2.24, 2.45) is 0 Å². The van der Waals surface area contributed by atoms with Gasteiger partial charge >= 0.3 is 0 Å². The summed E-state index contributed by atoms with van der Waals surface area (Å²) in [5, 5.41) is 7.98. The van der Waals surface area contributed by atoms with Crippen LogP contribution >= 0.6 is 7.37 Å². The van der Waals surface area contributed by atoms with Crippen LogP contribution in [0.25, 0.3) is 0 Å². The topological polar surface area (TPSA) is 101 Å². The van der Waals surface area contributed by atoms with Crippen molar-refractivity contribution in [1.29, 1.82) is 0 Å². The van der Waals surface area contributed by atoms with Crippen LogP contribution in [0.3, 0.4) is 0 Å². The highest BCUT2D eigenvalue weighted by Crippen LogP contribution is 2.53. The molecule has 0 aromatic carbocycles. The van der Waals surface area contributed by atoms with Crippen LogP contribution < -0.4 is 0 Å². The molecule has 6 nitrogen and oxygen atoms in total. The minimum absolute atomic E-state index is 0.00100. The van der Waals surface area contributed by atoms with E-state index in [2.05, 4.69) is 0 Å². The molecule has 3 atom stereocenters. The summed E-state index contributed by atoms with van der Waals surface area (Å²) in [6.07, 6.45) is -0.216. The summed E-state index contributed by atoms with van der Waals surface area (Å²) >= 11 is 0. The first-order valence-corrected chi connectivity index (χ1v) is 8.31. The Morgan fingerprint density at radius 3 is 2.19 bits per heavy atom. The van der Waals surface area contributed by atoms with E-state index in [-0.39, 0.29) is 6.42 Å². The van der Waals surface area contributed by atoms with Crippen molar-refractivity contribution < 1.29 is 27.2 Å². The summed E-state index contributed by atoms with van der Waals surface area (Å²) in [5.74, 6) is 0. The Balaban J connectivity index is 4.84. The van der Waals surface area contributed by atoms with E-state index in [0.29, 0.717) is 6.42 Å². The Labute approximate surface area is 96.2 Å². The van der Waals surface area contributed by atoms with Crippen molar-refractivity contribution in [3.05, 3.63) is 0 Å². The van der Waals surface area contributed by atoms with Crippen LogP contribution in [0.15, 0.2) is 0 Å². The predicted octanol–water partition coefficient (Wildman–Crippen LogP) is 1.31. The zero-order valence-electron chi connectivity index (χ0n) is 9.66. The van der Waals surface area contributed by atoms with Crippen LogP contribution in [-0.4, -0.2) is 42.4 Å². The second kappa shape index (κ2) is 6.12. The van der Waals surface area contributed by atoms with E-state index in [1.165, 1.54) is 14.0 Å². The molecule has 2 N–H and O–H groups in total. The van der Waals surface area contributed by atoms with Crippen LogP contribution in [0.4, 0.5) is 0 Å². The largest absolute Gasteiger partial charge is 0.386 e. The maximum atomic E-state index is 12.0. The number of hydrogen-bond donors (Lipinski definition) is 2. The molecule has 0 spiro atoms. The molecule has 0 bridgehead atoms. The first-order valence-electron chi connectivity index (χ1n) is 4.92. The van der Waals surface area contributed by atoms with E-state index in [0.717, 1.165) is 0 Å². The Hall–Kier alpha value is 0.0600. The Morgan fingerprint density at radius 2 is 1.94 bits per heavy atom. The second-order valence-electron chi connectivity index (χ2n) is 3.67. The van der Waals surface area contributed by atoms with Gasteiger partial charge in [0.25, 0.3) is 10.1 Å². The molecule has 3 unspecified atom stereocenters. The van der Waals surface area contributed by atoms with Gasteiger partial charge in [0.1, 0.15) is 6.35 Å². The van der Waals surface area contributed by atoms with Crippen LogP contribution in [-0.2, 0) is 19.2 Å². The summed E-state index contributed by atoms with van der Waals surface area (Å²) in [6.45, 7) is 3.05. The summed E-state index contributed by atoms with van der Waals surface area (Å²) in [4.78, 5) is 0. The molecule has 8 heteroatoms. The Kier molecular flexibility index (Phi) is 6.14. The number of rotatable bonds is 7. The first-order chi connectivity index (χ1) is 7.21. The minimum Gasteiger partial charge on any atom is -0.386 e. The van der Waals surface area contributed by atoms with Gasteiger partial charge in [0, 0.05) is 12.8 Å². The van der Waals surface area contributed by atoms with Gasteiger partial charge < -0.3 is 9.63 Å². The maximum absolute atomic E-state index is 12.0. The van der Waals surface area contributed by atoms with Crippen LogP contribution in [0.2, 0.25) is 0 Å². The third-order valence-electron chi connectivity index (χ3n) is 2.65. The summed E-state index contributed by atoms with van der Waals surface area (Å²) in [6, 6.07) is 0. The molecule has 0 heterocycles. The average molecular weight is 274 g/mol. The fraction of sp³-hybridized carbons (Fsp3) is 1.00. The van der Waals surface area contributed by atoms with Gasteiger partial charge in [-0.25, -0.2) is 0 Å². The molecule has 0 rings (SSSR count). The van der Waals surface area contributed by atoms with Crippen molar-refractivity contribution in [2.75, 3.05) is 13.5 Å². The molecule has 0 saturated carbocycles. The predicted molar refractivity (Wildman–Crippen MR) is 61.4 cm³/mol. The molecule has 0 aliphatic carbocycles. The van der Waals surface area contributed by atoms with Gasteiger partial charge in [-0.3, -0.25) is 9.12 Å². The first kappa shape index (κ1) is 16.1. The molecule has 98 valence electrons. The summed E-state index contributed by atoms with van der Waals surface area (Å²) in [5.41, 5.74) is -0.570. The molecule has 0 aromatic rings. The molecular weight excluding hydrogens is 255 g/mol. The van der Waals surface area contributed by atoms with E-state index in [4.69, 9.17) is 14.2 Å². The van der Waals surface area contributed by atoms with E-state index < -0.39 is 34.7 Å². The highest BCUT2D eigenvalue weighted by Gasteiger charge is 2.34. The highest BCUT2D eigenvalue weighted by molar-refractivity contribution is 7.86. The normalized spacial score (nSPS) is 20.1. The van der Waals surface area contributed by atoms with Gasteiger partial charge in [0.2, 0.25) is 7.37 Å². The van der Waals surface area contributed by atoms with Crippen LogP contribution in [0, 0.1) is 0 Å². The van der Waals surface area contributed by atoms with Gasteiger partial charge in [-0.1, -0.05) is 6.92 Å². The lowest BCUT2D eigenvalue weighted by Gasteiger charge is -2.25. The minimum atomic E-state index is -4.14. The zero-order chi connectivity index (χ0) is 13.0. The summed E-state index contributed by atoms with van der Waals surface area (Å²) in [7, 11) is -6.16. The quantitative estimate of drug-likeness (QED) is 0.536. The third-order valence-corrected chi connectivity index (χ3v) is 6.56. The Bertz CT molecular complexity index is 344. The molecule has 0 aliphatic rings. The fourth-order valence-electron chi connectivity index (χ4n) is 1.43. The second-order valence-corrected chi connectivity index (χ2v) is 8.34. The van der Waals surface area contributed by atoms with Crippen LogP contribution in [0.5, 0.6) is 0 Å². The molecule has 0 aliphatic heterocycles. The van der Waals surface area contributed by atoms with Gasteiger partial charge in [-0.2, -0.15) is 8.42 Å². The van der Waals surface area contributed by atoms with Gasteiger partial charge in [-0.15, -0.1) is 0 Å². The number of hydrogen-bond acceptors (Lipinski definition) is 5. The van der Waals surface area contributed by atoms with Crippen molar-refractivity contribution in [3.8, 4) is 0 Å². The lowest BCUT2D eigenvalue weighted by molar-refractivity contribution is 0.301. The van der Waals surface area contributed by atoms with Crippen molar-refractivity contribution in [3.63, 3.8) is 0 Å². The summed E-state index contributed by atoms with van der Waals surface area (Å²) < 4.78 is 47.3. The number of aliphatic hydroxyl groups is 1. The van der Waals surface area contributed by atoms with Crippen molar-refractivity contribution in [2.45, 2.75) is 37.6 Å². The maximum Gasteiger partial charge on any atom is 0.267 e. The van der Waals surface area contributed by atoms with E-state index in [1.54, 1.807) is 6.92 Å². The molecule has 0 amide bonds. The van der Waals surface area contributed by atoms with Crippen LogP contribution in [0.1, 0.15) is 26.7 Å². The van der Waals surface area contributed by atoms with E-state index in [9.17, 15) is 13.0 Å². The smallest absolute Gasteiger partial charge is 0.267 e. The molecule has 0 radical (unpaired) electrons. The molecular formula is C8H19O6PS. The third kappa shape index (κ3) is 4.14. The highest BCUT2D eigenvalue weighted by atomic mass is 32.2. The van der Waals surface area contributed by atoms with Crippen molar-refractivity contribution in [1.82, 2.24) is 0 Å². The zero-order valence-corrected chi connectivity index (χ0v) is 11.4. The van der Waals surface area contributed by atoms with E-state index >= 15 is 0 Å². The van der Waals surface area contributed by atoms with Crippen molar-refractivity contribution >= 4 is 17.5 Å². The van der Waals surface area contributed by atoms with Gasteiger partial charge in [-0.05, 0) is 19.8 Å². The molecule has 16 heavy (non-hydrogen) atoms. The van der Waals surface area contributed by atoms with Gasteiger partial charge in [0.05, 0.1) is 5.25 Å². The fourth-order valence-corrected chi connectivity index (χ4v) is 3.89. The Morgan fingerprint density at radius 1 is 1.44 bits per heavy atom. The lowest BCUT2D eigenvalue weighted by atomic mass is 10.2. The molecule has 0 fully saturated rings.